The number of urea groups is 1. The molecule has 0 saturated carbocycles. The standard InChI is InChI=1S/C14H19F2N3O2S/c1-22(21)9-4-17-14(20)19-7-5-18(6-8-19)13-10-11(15)2-3-12(13)16/h2-3,10H,4-9H2,1H3,(H,17,20). The molecule has 8 heteroatoms. The van der Waals surface area contributed by atoms with Gasteiger partial charge >= 0.3 is 6.03 Å². The van der Waals surface area contributed by atoms with E-state index in [4.69, 9.17) is 0 Å². The molecule has 1 fully saturated rings. The van der Waals surface area contributed by atoms with E-state index in [9.17, 15) is 17.8 Å². The smallest absolute Gasteiger partial charge is 0.317 e. The lowest BCUT2D eigenvalue weighted by Gasteiger charge is -2.36. The van der Waals surface area contributed by atoms with Crippen molar-refractivity contribution in [3.63, 3.8) is 0 Å². The number of anilines is 1. The van der Waals surface area contributed by atoms with Gasteiger partial charge in [0.1, 0.15) is 11.6 Å². The number of amides is 2. The predicted molar refractivity (Wildman–Crippen MR) is 82.5 cm³/mol. The van der Waals surface area contributed by atoms with Crippen molar-refractivity contribution in [1.82, 2.24) is 10.2 Å². The lowest BCUT2D eigenvalue weighted by molar-refractivity contribution is 0.195. The van der Waals surface area contributed by atoms with Crippen LogP contribution in [0.1, 0.15) is 0 Å². The maximum atomic E-state index is 13.7. The second-order valence-corrected chi connectivity index (χ2v) is 6.63. The van der Waals surface area contributed by atoms with Crippen LogP contribution in [0.25, 0.3) is 0 Å². The van der Waals surface area contributed by atoms with Gasteiger partial charge < -0.3 is 15.1 Å². The van der Waals surface area contributed by atoms with Crippen LogP contribution in [-0.2, 0) is 10.8 Å². The van der Waals surface area contributed by atoms with E-state index in [1.807, 2.05) is 0 Å². The number of rotatable bonds is 4. The summed E-state index contributed by atoms with van der Waals surface area (Å²) in [6, 6.07) is 3.14. The third kappa shape index (κ3) is 4.40. The first-order chi connectivity index (χ1) is 10.5. The number of piperazine rings is 1. The first-order valence-corrected chi connectivity index (χ1v) is 8.73. The molecule has 1 unspecified atom stereocenters. The Balaban J connectivity index is 1.86. The Labute approximate surface area is 130 Å². The number of halogens is 2. The highest BCUT2D eigenvalue weighted by atomic mass is 32.2. The highest BCUT2D eigenvalue weighted by molar-refractivity contribution is 7.84. The van der Waals surface area contributed by atoms with Gasteiger partial charge in [0.15, 0.2) is 0 Å². The van der Waals surface area contributed by atoms with Gasteiger partial charge in [-0.15, -0.1) is 0 Å². The van der Waals surface area contributed by atoms with Crippen molar-refractivity contribution in [2.24, 2.45) is 0 Å². The summed E-state index contributed by atoms with van der Waals surface area (Å²) in [7, 11) is -0.941. The molecule has 1 N–H and O–H groups in total. The summed E-state index contributed by atoms with van der Waals surface area (Å²) < 4.78 is 37.9. The van der Waals surface area contributed by atoms with Gasteiger partial charge in [0.25, 0.3) is 0 Å². The van der Waals surface area contributed by atoms with Crippen LogP contribution in [0.3, 0.4) is 0 Å². The summed E-state index contributed by atoms with van der Waals surface area (Å²) in [6.45, 7) is 2.09. The first-order valence-electron chi connectivity index (χ1n) is 7.00. The van der Waals surface area contributed by atoms with Crippen molar-refractivity contribution in [2.75, 3.05) is 49.6 Å². The summed E-state index contributed by atoms with van der Waals surface area (Å²) in [5.74, 6) is -0.533. The van der Waals surface area contributed by atoms with Gasteiger partial charge in [-0.05, 0) is 12.1 Å². The Kier molecular flexibility index (Phi) is 5.70. The number of carbonyl (C=O) groups excluding carboxylic acids is 1. The molecule has 1 aliphatic heterocycles. The van der Waals surface area contributed by atoms with Crippen molar-refractivity contribution < 1.29 is 17.8 Å². The molecule has 22 heavy (non-hydrogen) atoms. The van der Waals surface area contributed by atoms with Crippen LogP contribution >= 0.6 is 0 Å². The Hall–Kier alpha value is -1.70. The van der Waals surface area contributed by atoms with E-state index in [0.29, 0.717) is 38.5 Å². The Bertz CT molecular complexity index is 563. The molecule has 1 saturated heterocycles. The number of hydrogen-bond acceptors (Lipinski definition) is 3. The van der Waals surface area contributed by atoms with E-state index in [-0.39, 0.29) is 11.7 Å². The monoisotopic (exact) mass is 331 g/mol. The maximum absolute atomic E-state index is 13.7. The lowest BCUT2D eigenvalue weighted by Crippen LogP contribution is -2.52. The summed E-state index contributed by atoms with van der Waals surface area (Å²) in [4.78, 5) is 15.2. The van der Waals surface area contributed by atoms with Crippen molar-refractivity contribution in [3.05, 3.63) is 29.8 Å². The van der Waals surface area contributed by atoms with Crippen molar-refractivity contribution in [1.29, 1.82) is 0 Å². The van der Waals surface area contributed by atoms with Gasteiger partial charge in [-0.2, -0.15) is 0 Å². The van der Waals surface area contributed by atoms with Gasteiger partial charge in [-0.25, -0.2) is 13.6 Å². The van der Waals surface area contributed by atoms with Crippen LogP contribution in [-0.4, -0.2) is 59.9 Å². The average molecular weight is 331 g/mol. The molecule has 0 radical (unpaired) electrons. The highest BCUT2D eigenvalue weighted by Crippen LogP contribution is 2.21. The molecular weight excluding hydrogens is 312 g/mol. The van der Waals surface area contributed by atoms with Crippen LogP contribution in [0, 0.1) is 11.6 Å². The maximum Gasteiger partial charge on any atom is 0.317 e. The van der Waals surface area contributed by atoms with Gasteiger partial charge in [-0.1, -0.05) is 0 Å². The number of hydrogen-bond donors (Lipinski definition) is 1. The number of carbonyl (C=O) groups is 1. The minimum atomic E-state index is -0.941. The van der Waals surface area contributed by atoms with Crippen LogP contribution in [0.5, 0.6) is 0 Å². The highest BCUT2D eigenvalue weighted by Gasteiger charge is 2.22. The third-order valence-corrected chi connectivity index (χ3v) is 4.26. The molecule has 2 amide bonds. The third-order valence-electron chi connectivity index (χ3n) is 3.48. The summed E-state index contributed by atoms with van der Waals surface area (Å²) >= 11 is 0. The fourth-order valence-electron chi connectivity index (χ4n) is 2.29. The van der Waals surface area contributed by atoms with Crippen molar-refractivity contribution in [3.8, 4) is 0 Å². The van der Waals surface area contributed by atoms with E-state index in [0.717, 1.165) is 12.1 Å². The molecule has 0 aliphatic carbocycles. The zero-order valence-corrected chi connectivity index (χ0v) is 13.2. The summed E-state index contributed by atoms with van der Waals surface area (Å²) in [5, 5.41) is 2.70. The molecule has 0 bridgehead atoms. The molecule has 0 spiro atoms. The second kappa shape index (κ2) is 7.53. The van der Waals surface area contributed by atoms with Crippen LogP contribution in [0.15, 0.2) is 18.2 Å². The molecule has 1 atom stereocenters. The average Bonchev–Trinajstić information content (AvgIpc) is 2.49. The fourth-order valence-corrected chi connectivity index (χ4v) is 2.68. The van der Waals surface area contributed by atoms with E-state index in [2.05, 4.69) is 5.32 Å². The molecule has 122 valence electrons. The first kappa shape index (κ1) is 16.7. The van der Waals surface area contributed by atoms with E-state index >= 15 is 0 Å². The number of nitrogens with one attached hydrogen (secondary N) is 1. The zero-order valence-electron chi connectivity index (χ0n) is 12.3. The lowest BCUT2D eigenvalue weighted by atomic mass is 10.2. The molecule has 0 aromatic heterocycles. The zero-order chi connectivity index (χ0) is 16.1. The van der Waals surface area contributed by atoms with Gasteiger partial charge in [-0.3, -0.25) is 4.21 Å². The molecule has 1 heterocycles. The van der Waals surface area contributed by atoms with Crippen LogP contribution in [0.2, 0.25) is 0 Å². The fraction of sp³-hybridized carbons (Fsp3) is 0.500. The Morgan fingerprint density at radius 2 is 1.95 bits per heavy atom. The van der Waals surface area contributed by atoms with Crippen LogP contribution in [0.4, 0.5) is 19.3 Å². The largest absolute Gasteiger partial charge is 0.366 e. The predicted octanol–water partition coefficient (Wildman–Crippen LogP) is 1.17. The second-order valence-electron chi connectivity index (χ2n) is 5.08. The molecule has 2 rings (SSSR count). The Morgan fingerprint density at radius 3 is 2.59 bits per heavy atom. The SMILES string of the molecule is CS(=O)CCNC(=O)N1CCN(c2cc(F)ccc2F)CC1. The molecule has 5 nitrogen and oxygen atoms in total. The Morgan fingerprint density at radius 1 is 1.27 bits per heavy atom. The number of nitrogens with zero attached hydrogens (tertiary/aromatic N) is 2. The van der Waals surface area contributed by atoms with Crippen molar-refractivity contribution >= 4 is 22.5 Å². The van der Waals surface area contributed by atoms with Crippen LogP contribution < -0.4 is 10.2 Å². The molecular formula is C14H19F2N3O2S. The van der Waals surface area contributed by atoms with Gasteiger partial charge in [0.2, 0.25) is 0 Å². The van der Waals surface area contributed by atoms with E-state index in [1.54, 1.807) is 16.1 Å². The van der Waals surface area contributed by atoms with Gasteiger partial charge in [0.05, 0.1) is 5.69 Å². The number of benzene rings is 1. The van der Waals surface area contributed by atoms with Crippen molar-refractivity contribution in [2.45, 2.75) is 0 Å². The van der Waals surface area contributed by atoms with E-state index < -0.39 is 22.4 Å². The minimum absolute atomic E-state index is 0.218. The topological polar surface area (TPSA) is 52.7 Å². The molecule has 1 aromatic rings. The normalized spacial score (nSPS) is 16.5. The minimum Gasteiger partial charge on any atom is -0.366 e. The molecule has 1 aliphatic rings. The van der Waals surface area contributed by atoms with E-state index in [1.165, 1.54) is 6.07 Å². The summed E-state index contributed by atoms with van der Waals surface area (Å²) in [5.41, 5.74) is 0.224. The summed E-state index contributed by atoms with van der Waals surface area (Å²) in [6.07, 6.45) is 1.58. The molecule has 1 aromatic carbocycles. The van der Waals surface area contributed by atoms with Gasteiger partial charge in [0, 0.05) is 61.6 Å². The quantitative estimate of drug-likeness (QED) is 0.901.